The van der Waals surface area contributed by atoms with Crippen molar-refractivity contribution in [1.29, 1.82) is 0 Å². The normalized spacial score (nSPS) is 16.4. The van der Waals surface area contributed by atoms with Gasteiger partial charge < -0.3 is 9.73 Å². The van der Waals surface area contributed by atoms with E-state index < -0.39 is 0 Å². The van der Waals surface area contributed by atoms with Crippen LogP contribution in [0.25, 0.3) is 73.4 Å². The van der Waals surface area contributed by atoms with Crippen molar-refractivity contribution in [3.05, 3.63) is 168 Å². The van der Waals surface area contributed by atoms with Gasteiger partial charge in [-0.15, -0.1) is 22.7 Å². The zero-order valence-electron chi connectivity index (χ0n) is 27.3. The summed E-state index contributed by atoms with van der Waals surface area (Å²) in [7, 11) is 0. The first-order chi connectivity index (χ1) is 25.3. The summed E-state index contributed by atoms with van der Waals surface area (Å²) in [4.78, 5) is 5.33. The van der Waals surface area contributed by atoms with Gasteiger partial charge in [-0.2, -0.15) is 0 Å². The molecule has 2 N–H and O–H groups in total. The number of thiophene rings is 2. The molecule has 0 fully saturated rings. The number of benzene rings is 7. The standard InChI is InChI=1S/C45H29N3OS2/c1-2-11-26(12-3-1)43-46-44(35-19-9-16-32-29-13-4-6-21-37(29)49-40(32)35)48-45(47-43)36-20-10-18-34-31-24-23-27(25-39(31)51-42(34)36)28-15-8-17-33-30-14-5-7-22-38(30)50-41(28)33/h1-25,44-45,48H,(H,46,47). The number of fused-ring (bicyclic) bond motifs is 9. The molecule has 242 valence electrons. The van der Waals surface area contributed by atoms with E-state index in [9.17, 15) is 0 Å². The molecule has 11 rings (SSSR count). The summed E-state index contributed by atoms with van der Waals surface area (Å²) in [5.74, 6) is 0.856. The minimum absolute atomic E-state index is 0.231. The van der Waals surface area contributed by atoms with Crippen molar-refractivity contribution in [3.63, 3.8) is 0 Å². The Hall–Kier alpha value is -5.79. The lowest BCUT2D eigenvalue weighted by molar-refractivity contribution is 0.410. The van der Waals surface area contributed by atoms with E-state index in [1.165, 1.54) is 57.0 Å². The average Bonchev–Trinajstić information content (AvgIpc) is 3.89. The van der Waals surface area contributed by atoms with E-state index in [0.29, 0.717) is 0 Å². The second kappa shape index (κ2) is 11.4. The second-order valence-corrected chi connectivity index (χ2v) is 15.2. The highest BCUT2D eigenvalue weighted by Gasteiger charge is 2.29. The quantitative estimate of drug-likeness (QED) is 0.193. The van der Waals surface area contributed by atoms with Gasteiger partial charge in [-0.25, -0.2) is 4.99 Å². The molecule has 0 bridgehead atoms. The number of aliphatic imine (C=N–C) groups is 1. The van der Waals surface area contributed by atoms with Gasteiger partial charge in [-0.05, 0) is 29.3 Å². The van der Waals surface area contributed by atoms with Crippen molar-refractivity contribution in [1.82, 2.24) is 10.6 Å². The van der Waals surface area contributed by atoms with Gasteiger partial charge in [0.05, 0.1) is 0 Å². The van der Waals surface area contributed by atoms with Gasteiger partial charge in [-0.3, -0.25) is 5.32 Å². The van der Waals surface area contributed by atoms with E-state index in [1.54, 1.807) is 0 Å². The van der Waals surface area contributed by atoms with Gasteiger partial charge in [0, 0.05) is 67.8 Å². The lowest BCUT2D eigenvalue weighted by atomic mass is 10.0. The Labute approximate surface area is 301 Å². The summed E-state index contributed by atoms with van der Waals surface area (Å²) >= 11 is 3.74. The van der Waals surface area contributed by atoms with Crippen LogP contribution in [-0.2, 0) is 0 Å². The molecule has 0 saturated heterocycles. The largest absolute Gasteiger partial charge is 0.456 e. The van der Waals surface area contributed by atoms with E-state index in [0.717, 1.165) is 38.9 Å². The number of furan rings is 1. The van der Waals surface area contributed by atoms with Crippen molar-refractivity contribution in [2.24, 2.45) is 4.99 Å². The maximum Gasteiger partial charge on any atom is 0.142 e. The third-order valence-electron chi connectivity index (χ3n) is 10.2. The zero-order chi connectivity index (χ0) is 33.5. The predicted molar refractivity (Wildman–Crippen MR) is 216 cm³/mol. The number of hydrogen-bond donors (Lipinski definition) is 2. The Bertz CT molecular complexity index is 3010. The maximum absolute atomic E-state index is 6.50. The molecule has 0 radical (unpaired) electrons. The molecule has 1 aliphatic heterocycles. The van der Waals surface area contributed by atoms with Crippen LogP contribution in [0, 0.1) is 0 Å². The maximum atomic E-state index is 6.50. The predicted octanol–water partition coefficient (Wildman–Crippen LogP) is 12.3. The Morgan fingerprint density at radius 3 is 2.10 bits per heavy atom. The molecule has 4 heterocycles. The van der Waals surface area contributed by atoms with Crippen molar-refractivity contribution in [3.8, 4) is 11.1 Å². The van der Waals surface area contributed by atoms with Crippen LogP contribution < -0.4 is 10.6 Å². The third kappa shape index (κ3) is 4.58. The van der Waals surface area contributed by atoms with Crippen LogP contribution in [0.1, 0.15) is 29.0 Å². The molecule has 2 atom stereocenters. The van der Waals surface area contributed by atoms with Gasteiger partial charge in [-0.1, -0.05) is 133 Å². The summed E-state index contributed by atoms with van der Waals surface area (Å²) in [5, 5.41) is 15.0. The van der Waals surface area contributed by atoms with Gasteiger partial charge >= 0.3 is 0 Å². The lowest BCUT2D eigenvalue weighted by Crippen LogP contribution is -2.45. The average molecular weight is 692 g/mol. The highest BCUT2D eigenvalue weighted by Crippen LogP contribution is 2.44. The summed E-state index contributed by atoms with van der Waals surface area (Å²) < 4.78 is 11.7. The fraction of sp³-hybridized carbons (Fsp3) is 0.0444. The minimum atomic E-state index is -0.283. The molecule has 7 aromatic carbocycles. The highest BCUT2D eigenvalue weighted by atomic mass is 32.1. The van der Waals surface area contributed by atoms with Crippen LogP contribution in [0.15, 0.2) is 161 Å². The fourth-order valence-electron chi connectivity index (χ4n) is 7.79. The third-order valence-corrected chi connectivity index (χ3v) is 12.6. The molecule has 2 unspecified atom stereocenters. The SMILES string of the molecule is c1ccc(C2=NC(c3cccc4c3sc3cc(-c5cccc6c5sc5ccccc56)ccc34)NC(c3cccc4c3oc3ccccc34)N2)cc1. The van der Waals surface area contributed by atoms with Gasteiger partial charge in [0.1, 0.15) is 29.3 Å². The molecule has 0 spiro atoms. The first-order valence-electron chi connectivity index (χ1n) is 17.2. The molecule has 51 heavy (non-hydrogen) atoms. The van der Waals surface area contributed by atoms with Crippen molar-refractivity contribution in [2.45, 2.75) is 12.3 Å². The Morgan fingerprint density at radius 1 is 0.510 bits per heavy atom. The first-order valence-corrected chi connectivity index (χ1v) is 18.8. The summed E-state index contributed by atoms with van der Waals surface area (Å²) in [5.41, 5.74) is 7.58. The molecule has 1 aliphatic rings. The molecule has 10 aromatic rings. The lowest BCUT2D eigenvalue weighted by Gasteiger charge is -2.32. The number of hydrogen-bond acceptors (Lipinski definition) is 6. The molecular weight excluding hydrogens is 663 g/mol. The molecule has 0 aliphatic carbocycles. The Kier molecular flexibility index (Phi) is 6.46. The summed E-state index contributed by atoms with van der Waals surface area (Å²) in [6.07, 6.45) is -0.514. The van der Waals surface area contributed by atoms with Crippen LogP contribution in [-0.4, -0.2) is 5.84 Å². The van der Waals surface area contributed by atoms with Crippen LogP contribution in [0.2, 0.25) is 0 Å². The molecule has 6 heteroatoms. The van der Waals surface area contributed by atoms with E-state index in [1.807, 2.05) is 40.9 Å². The summed E-state index contributed by atoms with van der Waals surface area (Å²) in [6, 6.07) is 54.1. The van der Waals surface area contributed by atoms with Crippen LogP contribution in [0.4, 0.5) is 0 Å². The second-order valence-electron chi connectivity index (χ2n) is 13.1. The van der Waals surface area contributed by atoms with Crippen molar-refractivity contribution < 1.29 is 4.42 Å². The van der Waals surface area contributed by atoms with Gasteiger partial charge in [0.25, 0.3) is 0 Å². The Balaban J connectivity index is 1.05. The number of nitrogens with one attached hydrogen (secondary N) is 2. The van der Waals surface area contributed by atoms with Crippen molar-refractivity contribution >= 4 is 90.8 Å². The first kappa shape index (κ1) is 29.0. The number of amidine groups is 1. The van der Waals surface area contributed by atoms with Crippen LogP contribution in [0.5, 0.6) is 0 Å². The van der Waals surface area contributed by atoms with E-state index in [2.05, 4.69) is 144 Å². The summed E-state index contributed by atoms with van der Waals surface area (Å²) in [6.45, 7) is 0. The Morgan fingerprint density at radius 2 is 1.20 bits per heavy atom. The molecule has 0 saturated carbocycles. The van der Waals surface area contributed by atoms with Crippen LogP contribution in [0.3, 0.4) is 0 Å². The van der Waals surface area contributed by atoms with E-state index in [4.69, 9.17) is 9.41 Å². The molecule has 4 nitrogen and oxygen atoms in total. The number of rotatable bonds is 4. The van der Waals surface area contributed by atoms with E-state index in [-0.39, 0.29) is 12.3 Å². The molecular formula is C45H29N3OS2. The monoisotopic (exact) mass is 691 g/mol. The van der Waals surface area contributed by atoms with Gasteiger partial charge in [0.2, 0.25) is 0 Å². The minimum Gasteiger partial charge on any atom is -0.456 e. The molecule has 0 amide bonds. The molecule has 3 aromatic heterocycles. The topological polar surface area (TPSA) is 49.6 Å². The van der Waals surface area contributed by atoms with Crippen LogP contribution >= 0.6 is 22.7 Å². The highest BCUT2D eigenvalue weighted by molar-refractivity contribution is 7.26. The zero-order valence-corrected chi connectivity index (χ0v) is 28.9. The fourth-order valence-corrected chi connectivity index (χ4v) is 10.3. The van der Waals surface area contributed by atoms with E-state index >= 15 is 0 Å². The number of para-hydroxylation sites is 2. The van der Waals surface area contributed by atoms with Gasteiger partial charge in [0.15, 0.2) is 0 Å². The van der Waals surface area contributed by atoms with Crippen molar-refractivity contribution in [2.75, 3.05) is 0 Å². The smallest absolute Gasteiger partial charge is 0.142 e. The number of nitrogens with zero attached hydrogens (tertiary/aromatic N) is 1.